The lowest BCUT2D eigenvalue weighted by atomic mass is 9.93. The second kappa shape index (κ2) is 6.12. The smallest absolute Gasteiger partial charge is 0.237 e. The van der Waals surface area contributed by atoms with Crippen LogP contribution in [0.1, 0.15) is 37.4 Å². The Hall–Kier alpha value is -1.10. The highest BCUT2D eigenvalue weighted by Crippen LogP contribution is 2.35. The summed E-state index contributed by atoms with van der Waals surface area (Å²) in [4.78, 5) is 13.7. The second-order valence-corrected chi connectivity index (χ2v) is 5.93. The molecule has 4 nitrogen and oxygen atoms in total. The lowest BCUT2D eigenvalue weighted by Gasteiger charge is -2.37. The zero-order chi connectivity index (χ0) is 14.8. The van der Waals surface area contributed by atoms with Gasteiger partial charge in [0.2, 0.25) is 5.91 Å². The van der Waals surface area contributed by atoms with E-state index in [1.807, 2.05) is 24.1 Å². The minimum Gasteiger partial charge on any atom is -0.387 e. The Bertz CT molecular complexity index is 487. The van der Waals surface area contributed by atoms with Gasteiger partial charge in [0.1, 0.15) is 0 Å². The fourth-order valence-electron chi connectivity index (χ4n) is 3.05. The number of benzene rings is 1. The minimum absolute atomic E-state index is 0.302. The Kier molecular flexibility index (Phi) is 4.68. The molecular weight excluding hydrogens is 276 g/mol. The fraction of sp³-hybridized carbons (Fsp3) is 0.533. The third kappa shape index (κ3) is 2.82. The highest BCUT2D eigenvalue weighted by molar-refractivity contribution is 6.31. The standard InChI is InChI=1S/C15H21ClN2O2/c1-18(15(14(17)20)8-4-5-9-15)10-13(19)11-6-2-3-7-12(11)16/h2-3,6-7,13,19H,4-5,8-10H2,1H3,(H2,17,20). The van der Waals surface area contributed by atoms with Crippen LogP contribution in [0.25, 0.3) is 0 Å². The number of rotatable bonds is 5. The lowest BCUT2D eigenvalue weighted by molar-refractivity contribution is -0.130. The first-order chi connectivity index (χ1) is 9.47. The van der Waals surface area contributed by atoms with Crippen molar-refractivity contribution in [3.05, 3.63) is 34.9 Å². The number of likely N-dealkylation sites (N-methyl/N-ethyl adjacent to an activating group) is 1. The number of carbonyl (C=O) groups is 1. The summed E-state index contributed by atoms with van der Waals surface area (Å²) in [6, 6.07) is 7.21. The van der Waals surface area contributed by atoms with Crippen molar-refractivity contribution in [2.75, 3.05) is 13.6 Å². The van der Waals surface area contributed by atoms with E-state index in [2.05, 4.69) is 0 Å². The molecule has 1 aliphatic carbocycles. The molecule has 0 saturated heterocycles. The molecule has 0 spiro atoms. The van der Waals surface area contributed by atoms with E-state index in [0.29, 0.717) is 17.1 Å². The molecule has 1 aromatic rings. The van der Waals surface area contributed by atoms with Crippen molar-refractivity contribution >= 4 is 17.5 Å². The van der Waals surface area contributed by atoms with Crippen LogP contribution < -0.4 is 5.73 Å². The largest absolute Gasteiger partial charge is 0.387 e. The van der Waals surface area contributed by atoms with Gasteiger partial charge >= 0.3 is 0 Å². The van der Waals surface area contributed by atoms with E-state index in [1.165, 1.54) is 0 Å². The van der Waals surface area contributed by atoms with Gasteiger partial charge < -0.3 is 10.8 Å². The average molecular weight is 297 g/mol. The van der Waals surface area contributed by atoms with Gasteiger partial charge in [-0.25, -0.2) is 0 Å². The summed E-state index contributed by atoms with van der Waals surface area (Å²) in [7, 11) is 1.84. The normalized spacial score (nSPS) is 19.2. The third-order valence-electron chi connectivity index (χ3n) is 4.33. The number of aliphatic hydroxyl groups excluding tert-OH is 1. The Morgan fingerprint density at radius 2 is 2.05 bits per heavy atom. The molecule has 0 aromatic heterocycles. The summed E-state index contributed by atoms with van der Waals surface area (Å²) < 4.78 is 0. The number of amides is 1. The molecule has 0 bridgehead atoms. The van der Waals surface area contributed by atoms with Gasteiger partial charge in [-0.1, -0.05) is 42.6 Å². The molecule has 1 amide bonds. The summed E-state index contributed by atoms with van der Waals surface area (Å²) in [6.45, 7) is 0.340. The number of β-amino-alcohol motifs (C(OH)–C–C–N with tert-alkyl or cyclic N) is 1. The van der Waals surface area contributed by atoms with E-state index in [1.54, 1.807) is 12.1 Å². The molecule has 1 atom stereocenters. The van der Waals surface area contributed by atoms with Crippen molar-refractivity contribution in [2.24, 2.45) is 5.73 Å². The van der Waals surface area contributed by atoms with E-state index in [0.717, 1.165) is 25.7 Å². The first-order valence-electron chi connectivity index (χ1n) is 6.91. The van der Waals surface area contributed by atoms with Crippen molar-refractivity contribution in [3.8, 4) is 0 Å². The molecule has 1 fully saturated rings. The minimum atomic E-state index is -0.731. The monoisotopic (exact) mass is 296 g/mol. The Morgan fingerprint density at radius 3 is 2.60 bits per heavy atom. The SMILES string of the molecule is CN(CC(O)c1ccccc1Cl)C1(C(N)=O)CCCC1. The van der Waals surface area contributed by atoms with Gasteiger partial charge in [-0.05, 0) is 26.0 Å². The number of hydrogen-bond acceptors (Lipinski definition) is 3. The first-order valence-corrected chi connectivity index (χ1v) is 7.29. The highest BCUT2D eigenvalue weighted by Gasteiger charge is 2.43. The number of primary amides is 1. The van der Waals surface area contributed by atoms with Crippen LogP contribution in [0.3, 0.4) is 0 Å². The van der Waals surface area contributed by atoms with Crippen molar-refractivity contribution in [3.63, 3.8) is 0 Å². The molecule has 2 rings (SSSR count). The van der Waals surface area contributed by atoms with Gasteiger partial charge in [0.05, 0.1) is 11.6 Å². The maximum atomic E-state index is 11.8. The van der Waals surface area contributed by atoms with E-state index in [-0.39, 0.29) is 5.91 Å². The number of halogens is 1. The van der Waals surface area contributed by atoms with Crippen molar-refractivity contribution < 1.29 is 9.90 Å². The van der Waals surface area contributed by atoms with Crippen LogP contribution >= 0.6 is 11.6 Å². The van der Waals surface area contributed by atoms with Gasteiger partial charge in [-0.2, -0.15) is 0 Å². The average Bonchev–Trinajstić information content (AvgIpc) is 2.89. The summed E-state index contributed by atoms with van der Waals surface area (Å²) >= 11 is 6.09. The molecule has 0 radical (unpaired) electrons. The molecule has 20 heavy (non-hydrogen) atoms. The van der Waals surface area contributed by atoms with Crippen molar-refractivity contribution in [1.82, 2.24) is 4.90 Å². The van der Waals surface area contributed by atoms with Gasteiger partial charge in [-0.3, -0.25) is 9.69 Å². The summed E-state index contributed by atoms with van der Waals surface area (Å²) in [5.41, 5.74) is 5.65. The molecule has 1 unspecified atom stereocenters. The zero-order valence-electron chi connectivity index (χ0n) is 11.7. The molecule has 3 N–H and O–H groups in total. The molecule has 0 aliphatic heterocycles. The van der Waals surface area contributed by atoms with Crippen LogP contribution in [0.5, 0.6) is 0 Å². The topological polar surface area (TPSA) is 66.6 Å². The van der Waals surface area contributed by atoms with Crippen LogP contribution in [0.15, 0.2) is 24.3 Å². The zero-order valence-corrected chi connectivity index (χ0v) is 12.4. The predicted octanol–water partition coefficient (Wildman–Crippen LogP) is 2.10. The van der Waals surface area contributed by atoms with Crippen LogP contribution in [0.4, 0.5) is 0 Å². The molecule has 5 heteroatoms. The number of carbonyl (C=O) groups excluding carboxylic acids is 1. The number of nitrogens with two attached hydrogens (primary N) is 1. The van der Waals surface area contributed by atoms with E-state index in [9.17, 15) is 9.90 Å². The van der Waals surface area contributed by atoms with E-state index in [4.69, 9.17) is 17.3 Å². The predicted molar refractivity (Wildman–Crippen MR) is 79.4 cm³/mol. The van der Waals surface area contributed by atoms with Crippen LogP contribution in [0.2, 0.25) is 5.02 Å². The maximum absolute atomic E-state index is 11.8. The number of hydrogen-bond donors (Lipinski definition) is 2. The quantitative estimate of drug-likeness (QED) is 0.874. The van der Waals surface area contributed by atoms with Gasteiger partial charge in [0.25, 0.3) is 0 Å². The second-order valence-electron chi connectivity index (χ2n) is 5.52. The van der Waals surface area contributed by atoms with Gasteiger partial charge in [0, 0.05) is 17.1 Å². The van der Waals surface area contributed by atoms with E-state index < -0.39 is 11.6 Å². The van der Waals surface area contributed by atoms with Gasteiger partial charge in [-0.15, -0.1) is 0 Å². The molecule has 110 valence electrons. The van der Waals surface area contributed by atoms with E-state index >= 15 is 0 Å². The Morgan fingerprint density at radius 1 is 1.45 bits per heavy atom. The molecule has 0 heterocycles. The Labute approximate surface area is 124 Å². The number of aliphatic hydroxyl groups is 1. The third-order valence-corrected chi connectivity index (χ3v) is 4.68. The molecule has 1 saturated carbocycles. The fourth-order valence-corrected chi connectivity index (χ4v) is 3.32. The summed E-state index contributed by atoms with van der Waals surface area (Å²) in [5.74, 6) is -0.302. The first kappa shape index (κ1) is 15.3. The summed E-state index contributed by atoms with van der Waals surface area (Å²) in [5, 5.41) is 10.9. The maximum Gasteiger partial charge on any atom is 0.237 e. The van der Waals surface area contributed by atoms with Crippen LogP contribution in [0, 0.1) is 0 Å². The van der Waals surface area contributed by atoms with Crippen molar-refractivity contribution in [1.29, 1.82) is 0 Å². The lowest BCUT2D eigenvalue weighted by Crippen LogP contribution is -2.55. The van der Waals surface area contributed by atoms with Crippen LogP contribution in [-0.2, 0) is 4.79 Å². The molecule has 1 aromatic carbocycles. The Balaban J connectivity index is 2.13. The summed E-state index contributed by atoms with van der Waals surface area (Å²) in [6.07, 6.45) is 2.78. The highest BCUT2D eigenvalue weighted by atomic mass is 35.5. The van der Waals surface area contributed by atoms with Crippen LogP contribution in [-0.4, -0.2) is 35.0 Å². The number of nitrogens with zero attached hydrogens (tertiary/aromatic N) is 1. The van der Waals surface area contributed by atoms with Gasteiger partial charge in [0.15, 0.2) is 0 Å². The molecular formula is C15H21ClN2O2. The molecule has 1 aliphatic rings. The van der Waals surface area contributed by atoms with Crippen molar-refractivity contribution in [2.45, 2.75) is 37.3 Å².